The van der Waals surface area contributed by atoms with Crippen LogP contribution < -0.4 is 15.8 Å². The zero-order chi connectivity index (χ0) is 25.7. The third kappa shape index (κ3) is 6.13. The molecule has 5 rings (SSSR count). The number of hydrogen-bond donors (Lipinski definition) is 2. The second-order valence-electron chi connectivity index (χ2n) is 9.86. The fourth-order valence-electron chi connectivity index (χ4n) is 4.67. The molecule has 2 aliphatic heterocycles. The Bertz CT molecular complexity index is 1240. The molecule has 7 nitrogen and oxygen atoms in total. The zero-order valence-electron chi connectivity index (χ0n) is 21.7. The van der Waals surface area contributed by atoms with Gasteiger partial charge < -0.3 is 19.9 Å². The van der Waals surface area contributed by atoms with E-state index in [1.165, 1.54) is 5.56 Å². The van der Waals surface area contributed by atoms with Gasteiger partial charge in [0, 0.05) is 58.5 Å². The standard InChI is InChI=1S/C30H36N6O/c1-34(2)28-21-30(31,26-14-9-15-27(20-26)37-23-25-12-7-4-8-13-25)33-29(32-28)36-18-16-35(17-19-36)22-24-10-5-3-6-11-24/h3-15,20-21H,16-19,22-23,31H2,1-2H3,(H,32,33). The van der Waals surface area contributed by atoms with Gasteiger partial charge in [0.2, 0.25) is 5.96 Å². The number of ether oxygens (including phenoxy) is 1. The summed E-state index contributed by atoms with van der Waals surface area (Å²) in [4.78, 5) is 11.9. The van der Waals surface area contributed by atoms with Crippen molar-refractivity contribution in [1.82, 2.24) is 20.0 Å². The molecule has 192 valence electrons. The highest BCUT2D eigenvalue weighted by molar-refractivity contribution is 5.83. The summed E-state index contributed by atoms with van der Waals surface area (Å²) in [5.74, 6) is 2.51. The SMILES string of the molecule is CN(C)C1=CC(N)(c2cccc(OCc3ccccc3)c2)N=C(N2CCN(Cc3ccccc3)CC2)N1. The third-order valence-corrected chi connectivity index (χ3v) is 6.83. The Morgan fingerprint density at radius 1 is 0.892 bits per heavy atom. The maximum Gasteiger partial charge on any atom is 0.202 e. The first-order chi connectivity index (χ1) is 18.0. The number of guanidine groups is 1. The topological polar surface area (TPSA) is 69.4 Å². The summed E-state index contributed by atoms with van der Waals surface area (Å²) in [6, 6.07) is 28.8. The monoisotopic (exact) mass is 496 g/mol. The first-order valence-electron chi connectivity index (χ1n) is 12.8. The Hall–Kier alpha value is -3.81. The Balaban J connectivity index is 1.31. The van der Waals surface area contributed by atoms with Crippen molar-refractivity contribution in [3.05, 3.63) is 114 Å². The first-order valence-corrected chi connectivity index (χ1v) is 12.8. The number of nitrogens with zero attached hydrogens (tertiary/aromatic N) is 4. The molecule has 1 atom stereocenters. The molecule has 3 N–H and O–H groups in total. The van der Waals surface area contributed by atoms with E-state index in [-0.39, 0.29) is 0 Å². The minimum Gasteiger partial charge on any atom is -0.489 e. The molecule has 1 fully saturated rings. The van der Waals surface area contributed by atoms with Gasteiger partial charge in [0.15, 0.2) is 5.66 Å². The Kier molecular flexibility index (Phi) is 7.44. The Labute approximate surface area is 219 Å². The molecule has 7 heteroatoms. The first kappa shape index (κ1) is 24.9. The molecule has 3 aromatic carbocycles. The highest BCUT2D eigenvalue weighted by Gasteiger charge is 2.33. The molecule has 0 radical (unpaired) electrons. The van der Waals surface area contributed by atoms with Gasteiger partial charge >= 0.3 is 0 Å². The van der Waals surface area contributed by atoms with Crippen molar-refractivity contribution >= 4 is 5.96 Å². The number of nitrogens with two attached hydrogens (primary N) is 1. The van der Waals surface area contributed by atoms with Gasteiger partial charge in [-0.3, -0.25) is 10.6 Å². The Morgan fingerprint density at radius 3 is 2.24 bits per heavy atom. The summed E-state index contributed by atoms with van der Waals surface area (Å²) in [7, 11) is 4.03. The van der Waals surface area contributed by atoms with Gasteiger partial charge in [-0.05, 0) is 23.3 Å². The van der Waals surface area contributed by atoms with E-state index in [9.17, 15) is 0 Å². The van der Waals surface area contributed by atoms with Crippen LogP contribution in [0.3, 0.4) is 0 Å². The van der Waals surface area contributed by atoms with Crippen molar-refractivity contribution in [2.24, 2.45) is 10.7 Å². The molecule has 2 aliphatic rings. The number of benzene rings is 3. The van der Waals surface area contributed by atoms with E-state index in [1.54, 1.807) is 0 Å². The molecule has 3 aromatic rings. The van der Waals surface area contributed by atoms with Crippen LogP contribution in [-0.4, -0.2) is 60.9 Å². The van der Waals surface area contributed by atoms with E-state index < -0.39 is 5.66 Å². The van der Waals surface area contributed by atoms with Gasteiger partial charge in [-0.1, -0.05) is 72.8 Å². The van der Waals surface area contributed by atoms with Crippen molar-refractivity contribution in [3.63, 3.8) is 0 Å². The lowest BCUT2D eigenvalue weighted by atomic mass is 9.99. The molecule has 0 aromatic heterocycles. The molecule has 37 heavy (non-hydrogen) atoms. The van der Waals surface area contributed by atoms with E-state index in [1.807, 2.05) is 67.5 Å². The van der Waals surface area contributed by atoms with Gasteiger partial charge in [-0.25, -0.2) is 4.99 Å². The summed E-state index contributed by atoms with van der Waals surface area (Å²) in [6.45, 7) is 5.18. The van der Waals surface area contributed by atoms with Crippen LogP contribution in [0.1, 0.15) is 16.7 Å². The summed E-state index contributed by atoms with van der Waals surface area (Å²) >= 11 is 0. The van der Waals surface area contributed by atoms with Crippen molar-refractivity contribution in [1.29, 1.82) is 0 Å². The van der Waals surface area contributed by atoms with E-state index in [0.717, 1.165) is 61.4 Å². The fraction of sp³-hybridized carbons (Fsp3) is 0.300. The van der Waals surface area contributed by atoms with Gasteiger partial charge in [0.1, 0.15) is 18.2 Å². The molecule has 0 bridgehead atoms. The summed E-state index contributed by atoms with van der Waals surface area (Å²) < 4.78 is 6.08. The smallest absolute Gasteiger partial charge is 0.202 e. The molecule has 0 aliphatic carbocycles. The van der Waals surface area contributed by atoms with E-state index in [4.69, 9.17) is 15.5 Å². The average Bonchev–Trinajstić information content (AvgIpc) is 2.93. The molecule has 0 amide bonds. The number of piperazine rings is 1. The van der Waals surface area contributed by atoms with Gasteiger partial charge in [0.05, 0.1) is 0 Å². The van der Waals surface area contributed by atoms with Gasteiger partial charge in [-0.2, -0.15) is 0 Å². The van der Waals surface area contributed by atoms with Crippen LogP contribution in [0.2, 0.25) is 0 Å². The maximum atomic E-state index is 6.99. The average molecular weight is 497 g/mol. The van der Waals surface area contributed by atoms with E-state index in [0.29, 0.717) is 6.61 Å². The van der Waals surface area contributed by atoms with E-state index in [2.05, 4.69) is 57.6 Å². The lowest BCUT2D eigenvalue weighted by Gasteiger charge is -2.40. The zero-order valence-corrected chi connectivity index (χ0v) is 21.7. The summed E-state index contributed by atoms with van der Waals surface area (Å²) in [6.07, 6.45) is 1.98. The number of aliphatic imine (C=N–C) groups is 1. The molecule has 0 spiro atoms. The molecule has 0 saturated carbocycles. The molecular weight excluding hydrogens is 460 g/mol. The van der Waals surface area contributed by atoms with Crippen molar-refractivity contribution < 1.29 is 4.74 Å². The highest BCUT2D eigenvalue weighted by atomic mass is 16.5. The van der Waals surface area contributed by atoms with Crippen LogP contribution in [0.25, 0.3) is 0 Å². The van der Waals surface area contributed by atoms with Gasteiger partial charge in [-0.15, -0.1) is 0 Å². The van der Waals surface area contributed by atoms with Crippen molar-refractivity contribution in [2.75, 3.05) is 40.3 Å². The van der Waals surface area contributed by atoms with Gasteiger partial charge in [0.25, 0.3) is 0 Å². The van der Waals surface area contributed by atoms with Crippen LogP contribution in [0, 0.1) is 0 Å². The molecule has 1 saturated heterocycles. The molecular formula is C30H36N6O. The van der Waals surface area contributed by atoms with E-state index >= 15 is 0 Å². The van der Waals surface area contributed by atoms with Crippen LogP contribution >= 0.6 is 0 Å². The lowest BCUT2D eigenvalue weighted by Crippen LogP contribution is -2.56. The normalized spacial score (nSPS) is 20.0. The number of nitrogens with one attached hydrogen (secondary N) is 1. The van der Waals surface area contributed by atoms with Crippen molar-refractivity contribution in [3.8, 4) is 5.75 Å². The number of rotatable bonds is 7. The second kappa shape index (κ2) is 11.1. The minimum atomic E-state index is -1.01. The Morgan fingerprint density at radius 2 is 1.57 bits per heavy atom. The van der Waals surface area contributed by atoms with Crippen LogP contribution in [0.4, 0.5) is 0 Å². The van der Waals surface area contributed by atoms with Crippen molar-refractivity contribution in [2.45, 2.75) is 18.8 Å². The molecule has 2 heterocycles. The maximum absolute atomic E-state index is 6.99. The third-order valence-electron chi connectivity index (χ3n) is 6.83. The number of hydrogen-bond acceptors (Lipinski definition) is 7. The predicted octanol–water partition coefficient (Wildman–Crippen LogP) is 3.56. The highest BCUT2D eigenvalue weighted by Crippen LogP contribution is 2.29. The molecule has 1 unspecified atom stereocenters. The quantitative estimate of drug-likeness (QED) is 0.521. The second-order valence-corrected chi connectivity index (χ2v) is 9.86. The minimum absolute atomic E-state index is 0.504. The van der Waals surface area contributed by atoms with Crippen LogP contribution in [0.15, 0.2) is 102 Å². The summed E-state index contributed by atoms with van der Waals surface area (Å²) in [5, 5.41) is 3.51. The predicted molar refractivity (Wildman–Crippen MR) is 149 cm³/mol. The fourth-order valence-corrected chi connectivity index (χ4v) is 4.67. The van der Waals surface area contributed by atoms with Crippen LogP contribution in [-0.2, 0) is 18.8 Å². The summed E-state index contributed by atoms with van der Waals surface area (Å²) in [5.41, 5.74) is 9.34. The van der Waals surface area contributed by atoms with Crippen LogP contribution in [0.5, 0.6) is 5.75 Å². The lowest BCUT2D eigenvalue weighted by molar-refractivity contribution is 0.171. The largest absolute Gasteiger partial charge is 0.489 e.